The van der Waals surface area contributed by atoms with Crippen molar-refractivity contribution in [3.8, 4) is 0 Å². The van der Waals surface area contributed by atoms with Crippen molar-refractivity contribution in [3.63, 3.8) is 0 Å². The van der Waals surface area contributed by atoms with Gasteiger partial charge in [0.1, 0.15) is 0 Å². The standard InChI is InChI=1S/C17H16ClIN2O2S/c18-12-1-2-13(14(19)9-12)17(23)20-6-3-16(22)21-7-4-15-11(10-21)5-8-24-15/h1-2,5,8-9H,3-4,6-7,10H2,(H,20,23). The Morgan fingerprint density at radius 2 is 2.17 bits per heavy atom. The van der Waals surface area contributed by atoms with E-state index in [0.29, 0.717) is 30.1 Å². The summed E-state index contributed by atoms with van der Waals surface area (Å²) < 4.78 is 0.796. The number of amides is 2. The van der Waals surface area contributed by atoms with Crippen molar-refractivity contribution in [2.75, 3.05) is 13.1 Å². The summed E-state index contributed by atoms with van der Waals surface area (Å²) in [5.41, 5.74) is 1.83. The Hall–Kier alpha value is -1.12. The lowest BCUT2D eigenvalue weighted by Crippen LogP contribution is -2.37. The number of fused-ring (bicyclic) bond motifs is 1. The zero-order chi connectivity index (χ0) is 17.1. The molecule has 0 atom stereocenters. The third-order valence-electron chi connectivity index (χ3n) is 3.96. The van der Waals surface area contributed by atoms with Crippen LogP contribution in [0.5, 0.6) is 0 Å². The molecule has 3 rings (SSSR count). The molecule has 1 N–H and O–H groups in total. The number of thiophene rings is 1. The summed E-state index contributed by atoms with van der Waals surface area (Å²) >= 11 is 9.73. The number of hydrogen-bond acceptors (Lipinski definition) is 3. The molecule has 0 bridgehead atoms. The van der Waals surface area contributed by atoms with Crippen LogP contribution in [0, 0.1) is 3.57 Å². The predicted molar refractivity (Wildman–Crippen MR) is 105 cm³/mol. The van der Waals surface area contributed by atoms with Gasteiger partial charge in [0, 0.05) is 39.5 Å². The summed E-state index contributed by atoms with van der Waals surface area (Å²) in [6.45, 7) is 1.78. The third kappa shape index (κ3) is 4.10. The van der Waals surface area contributed by atoms with Gasteiger partial charge < -0.3 is 10.2 Å². The largest absolute Gasteiger partial charge is 0.351 e. The molecule has 126 valence electrons. The smallest absolute Gasteiger partial charge is 0.252 e. The molecule has 24 heavy (non-hydrogen) atoms. The molecule has 0 saturated heterocycles. The first kappa shape index (κ1) is 17.7. The monoisotopic (exact) mass is 474 g/mol. The Balaban J connectivity index is 1.49. The van der Waals surface area contributed by atoms with Gasteiger partial charge in [-0.05, 0) is 64.2 Å². The number of hydrogen-bond donors (Lipinski definition) is 1. The highest BCUT2D eigenvalue weighted by Gasteiger charge is 2.21. The Labute approximate surface area is 163 Å². The molecule has 0 saturated carbocycles. The van der Waals surface area contributed by atoms with E-state index in [9.17, 15) is 9.59 Å². The van der Waals surface area contributed by atoms with Crippen LogP contribution in [0.4, 0.5) is 0 Å². The molecule has 7 heteroatoms. The van der Waals surface area contributed by atoms with E-state index in [1.807, 2.05) is 4.90 Å². The molecule has 2 aromatic rings. The van der Waals surface area contributed by atoms with E-state index in [0.717, 1.165) is 16.5 Å². The fraction of sp³-hybridized carbons (Fsp3) is 0.294. The molecule has 2 amide bonds. The first-order valence-electron chi connectivity index (χ1n) is 7.61. The maximum Gasteiger partial charge on any atom is 0.252 e. The van der Waals surface area contributed by atoms with Gasteiger partial charge in [0.15, 0.2) is 0 Å². The lowest BCUT2D eigenvalue weighted by molar-refractivity contribution is -0.131. The number of halogens is 2. The Morgan fingerprint density at radius 3 is 2.96 bits per heavy atom. The van der Waals surface area contributed by atoms with E-state index >= 15 is 0 Å². The molecule has 2 heterocycles. The summed E-state index contributed by atoms with van der Waals surface area (Å²) in [7, 11) is 0. The van der Waals surface area contributed by atoms with Gasteiger partial charge in [0.25, 0.3) is 5.91 Å². The molecule has 0 radical (unpaired) electrons. The van der Waals surface area contributed by atoms with Gasteiger partial charge in [-0.15, -0.1) is 11.3 Å². The molecule has 1 aliphatic rings. The number of carbonyl (C=O) groups is 2. The normalized spacial score (nSPS) is 13.5. The van der Waals surface area contributed by atoms with Crippen LogP contribution >= 0.6 is 45.5 Å². The van der Waals surface area contributed by atoms with Crippen molar-refractivity contribution in [2.24, 2.45) is 0 Å². The van der Waals surface area contributed by atoms with Gasteiger partial charge >= 0.3 is 0 Å². The second kappa shape index (κ2) is 7.84. The maximum atomic E-state index is 12.3. The summed E-state index contributed by atoms with van der Waals surface area (Å²) in [6.07, 6.45) is 1.24. The molecule has 1 aliphatic heterocycles. The van der Waals surface area contributed by atoms with Gasteiger partial charge in [0.2, 0.25) is 5.91 Å². The van der Waals surface area contributed by atoms with E-state index < -0.39 is 0 Å². The second-order valence-electron chi connectivity index (χ2n) is 5.56. The SMILES string of the molecule is O=C(NCCC(=O)N1CCc2sccc2C1)c1ccc(Cl)cc1I. The molecular weight excluding hydrogens is 459 g/mol. The molecule has 4 nitrogen and oxygen atoms in total. The van der Waals surface area contributed by atoms with Gasteiger partial charge in [-0.3, -0.25) is 9.59 Å². The number of benzene rings is 1. The highest BCUT2D eigenvalue weighted by Crippen LogP contribution is 2.24. The molecule has 0 aliphatic carbocycles. The van der Waals surface area contributed by atoms with Crippen LogP contribution < -0.4 is 5.32 Å². The van der Waals surface area contributed by atoms with E-state index in [1.54, 1.807) is 29.5 Å². The zero-order valence-corrected chi connectivity index (χ0v) is 16.6. The maximum absolute atomic E-state index is 12.3. The minimum Gasteiger partial charge on any atom is -0.351 e. The van der Waals surface area contributed by atoms with Gasteiger partial charge in [-0.25, -0.2) is 0 Å². The van der Waals surface area contributed by atoms with Crippen molar-refractivity contribution in [2.45, 2.75) is 19.4 Å². The first-order valence-corrected chi connectivity index (χ1v) is 9.94. The van der Waals surface area contributed by atoms with Crippen LogP contribution in [0.1, 0.15) is 27.2 Å². The van der Waals surface area contributed by atoms with E-state index in [-0.39, 0.29) is 11.8 Å². The highest BCUT2D eigenvalue weighted by molar-refractivity contribution is 14.1. The Kier molecular flexibility index (Phi) is 5.78. The molecule has 1 aromatic heterocycles. The molecule has 0 spiro atoms. The molecular formula is C17H16ClIN2O2S. The van der Waals surface area contributed by atoms with Crippen LogP contribution in [0.3, 0.4) is 0 Å². The van der Waals surface area contributed by atoms with Gasteiger partial charge in [0.05, 0.1) is 5.56 Å². The number of rotatable bonds is 4. The first-order chi connectivity index (χ1) is 11.5. The minimum absolute atomic E-state index is 0.0814. The fourth-order valence-electron chi connectivity index (χ4n) is 2.67. The summed E-state index contributed by atoms with van der Waals surface area (Å²) in [5, 5.41) is 5.49. The minimum atomic E-state index is -0.178. The summed E-state index contributed by atoms with van der Waals surface area (Å²) in [5.74, 6) is -0.0967. The average Bonchev–Trinajstić information content (AvgIpc) is 3.02. The quantitative estimate of drug-likeness (QED) is 0.687. The lowest BCUT2D eigenvalue weighted by atomic mass is 10.1. The Morgan fingerprint density at radius 1 is 1.33 bits per heavy atom. The van der Waals surface area contributed by atoms with Crippen LogP contribution in [0.15, 0.2) is 29.6 Å². The Bertz CT molecular complexity index is 778. The zero-order valence-electron chi connectivity index (χ0n) is 12.9. The average molecular weight is 475 g/mol. The molecule has 0 unspecified atom stereocenters. The van der Waals surface area contributed by atoms with Gasteiger partial charge in [-0.1, -0.05) is 11.6 Å². The van der Waals surface area contributed by atoms with Crippen molar-refractivity contribution in [1.29, 1.82) is 0 Å². The van der Waals surface area contributed by atoms with Crippen LogP contribution in [-0.4, -0.2) is 29.8 Å². The summed E-state index contributed by atoms with van der Waals surface area (Å²) in [6, 6.07) is 7.22. The van der Waals surface area contributed by atoms with Crippen LogP contribution in [0.2, 0.25) is 5.02 Å². The summed E-state index contributed by atoms with van der Waals surface area (Å²) in [4.78, 5) is 27.7. The number of nitrogens with zero attached hydrogens (tertiary/aromatic N) is 1. The number of carbonyl (C=O) groups excluding carboxylic acids is 2. The predicted octanol–water partition coefficient (Wildman–Crippen LogP) is 3.71. The second-order valence-corrected chi connectivity index (χ2v) is 8.16. The van der Waals surface area contributed by atoms with Crippen molar-refractivity contribution in [3.05, 3.63) is 54.2 Å². The van der Waals surface area contributed by atoms with Crippen molar-refractivity contribution >= 4 is 57.3 Å². The highest BCUT2D eigenvalue weighted by atomic mass is 127. The van der Waals surface area contributed by atoms with Crippen molar-refractivity contribution in [1.82, 2.24) is 10.2 Å². The van der Waals surface area contributed by atoms with E-state index in [4.69, 9.17) is 11.6 Å². The molecule has 0 fully saturated rings. The van der Waals surface area contributed by atoms with Crippen LogP contribution in [-0.2, 0) is 17.8 Å². The van der Waals surface area contributed by atoms with E-state index in [1.165, 1.54) is 10.4 Å². The fourth-order valence-corrected chi connectivity index (χ4v) is 4.68. The topological polar surface area (TPSA) is 49.4 Å². The number of nitrogens with one attached hydrogen (secondary N) is 1. The van der Waals surface area contributed by atoms with E-state index in [2.05, 4.69) is 39.4 Å². The van der Waals surface area contributed by atoms with Crippen LogP contribution in [0.25, 0.3) is 0 Å². The van der Waals surface area contributed by atoms with Crippen molar-refractivity contribution < 1.29 is 9.59 Å². The lowest BCUT2D eigenvalue weighted by Gasteiger charge is -2.27. The molecule has 1 aromatic carbocycles. The third-order valence-corrected chi connectivity index (χ3v) is 6.11. The van der Waals surface area contributed by atoms with Gasteiger partial charge in [-0.2, -0.15) is 0 Å².